The second kappa shape index (κ2) is 4.69. The van der Waals surface area contributed by atoms with E-state index in [0.717, 1.165) is 37.5 Å². The van der Waals surface area contributed by atoms with Crippen LogP contribution < -0.4 is 0 Å². The maximum absolute atomic E-state index is 12.4. The van der Waals surface area contributed by atoms with Crippen molar-refractivity contribution in [2.75, 3.05) is 0 Å². The summed E-state index contributed by atoms with van der Waals surface area (Å²) in [6, 6.07) is 7.07. The molecule has 1 aromatic carbocycles. The van der Waals surface area contributed by atoms with Crippen LogP contribution in [-0.2, 0) is 11.2 Å². The fraction of sp³-hybridized carbons (Fsp3) is 0.650. The van der Waals surface area contributed by atoms with Crippen LogP contribution >= 0.6 is 0 Å². The number of benzene rings is 1. The molecule has 112 valence electrons. The molecular formula is C20H26O. The monoisotopic (exact) mass is 282 g/mol. The lowest BCUT2D eigenvalue weighted by Gasteiger charge is -2.40. The maximum Gasteiger partial charge on any atom is 0.138 e. The molecule has 2 saturated carbocycles. The zero-order valence-electron chi connectivity index (χ0n) is 13.3. The number of hydrogen-bond acceptors (Lipinski definition) is 1. The molecule has 1 nitrogen and oxygen atoms in total. The van der Waals surface area contributed by atoms with E-state index in [2.05, 4.69) is 32.0 Å². The molecule has 0 spiro atoms. The number of carbonyl (C=O) groups is 1. The molecule has 1 aromatic rings. The van der Waals surface area contributed by atoms with Gasteiger partial charge in [0.05, 0.1) is 0 Å². The molecule has 1 heteroatoms. The van der Waals surface area contributed by atoms with Crippen LogP contribution in [0.3, 0.4) is 0 Å². The summed E-state index contributed by atoms with van der Waals surface area (Å²) >= 11 is 0. The fourth-order valence-electron chi connectivity index (χ4n) is 5.49. The first-order chi connectivity index (χ1) is 10.1. The van der Waals surface area contributed by atoms with Crippen LogP contribution in [0.25, 0.3) is 0 Å². The molecular weight excluding hydrogens is 256 g/mol. The number of fused-ring (bicyclic) bond motifs is 6. The molecule has 0 amide bonds. The van der Waals surface area contributed by atoms with E-state index in [9.17, 15) is 4.79 Å². The number of aryl methyl sites for hydroxylation is 2. The number of rotatable bonds is 0. The Morgan fingerprint density at radius 3 is 2.86 bits per heavy atom. The first kappa shape index (κ1) is 13.5. The highest BCUT2D eigenvalue weighted by atomic mass is 16.1. The summed E-state index contributed by atoms with van der Waals surface area (Å²) in [6.45, 7) is 4.45. The Kier molecular flexibility index (Phi) is 3.03. The second-order valence-electron chi connectivity index (χ2n) is 8.04. The highest BCUT2D eigenvalue weighted by molar-refractivity contribution is 5.85. The van der Waals surface area contributed by atoms with E-state index in [1.165, 1.54) is 24.8 Å². The quantitative estimate of drug-likeness (QED) is 0.667. The summed E-state index contributed by atoms with van der Waals surface area (Å²) in [4.78, 5) is 12.4. The molecule has 4 rings (SSSR count). The number of carbonyl (C=O) groups excluding carboxylic acids is 1. The van der Waals surface area contributed by atoms with Crippen molar-refractivity contribution < 1.29 is 4.79 Å². The Balaban J connectivity index is 1.73. The molecule has 2 fully saturated rings. The lowest BCUT2D eigenvalue weighted by atomic mass is 9.64. The van der Waals surface area contributed by atoms with Gasteiger partial charge < -0.3 is 0 Å². The average molecular weight is 282 g/mol. The summed E-state index contributed by atoms with van der Waals surface area (Å²) in [7, 11) is 0. The first-order valence-electron chi connectivity index (χ1n) is 8.69. The number of hydrogen-bond donors (Lipinski definition) is 0. The minimum Gasteiger partial charge on any atom is -0.299 e. The van der Waals surface area contributed by atoms with E-state index in [1.807, 2.05) is 0 Å². The van der Waals surface area contributed by atoms with Gasteiger partial charge in [-0.05, 0) is 74.3 Å². The highest BCUT2D eigenvalue weighted by Gasteiger charge is 2.47. The minimum absolute atomic E-state index is 0.00881. The van der Waals surface area contributed by atoms with Crippen molar-refractivity contribution in [1.29, 1.82) is 0 Å². The molecule has 0 aromatic heterocycles. The van der Waals surface area contributed by atoms with E-state index in [-0.39, 0.29) is 5.41 Å². The van der Waals surface area contributed by atoms with Gasteiger partial charge in [-0.25, -0.2) is 0 Å². The van der Waals surface area contributed by atoms with E-state index < -0.39 is 0 Å². The van der Waals surface area contributed by atoms with Crippen LogP contribution in [-0.4, -0.2) is 5.78 Å². The van der Waals surface area contributed by atoms with Crippen molar-refractivity contribution in [3.8, 4) is 0 Å². The van der Waals surface area contributed by atoms with Crippen LogP contribution in [0.1, 0.15) is 68.1 Å². The summed E-state index contributed by atoms with van der Waals surface area (Å²) in [5.41, 5.74) is 4.58. The van der Waals surface area contributed by atoms with Gasteiger partial charge in [0.1, 0.15) is 5.78 Å². The maximum atomic E-state index is 12.4. The smallest absolute Gasteiger partial charge is 0.138 e. The predicted octanol–water partition coefficient (Wildman–Crippen LogP) is 4.81. The summed E-state index contributed by atoms with van der Waals surface area (Å²) < 4.78 is 0. The van der Waals surface area contributed by atoms with E-state index in [0.29, 0.717) is 11.7 Å². The average Bonchev–Trinajstić information content (AvgIpc) is 2.59. The molecule has 3 unspecified atom stereocenters. The lowest BCUT2D eigenvalue weighted by Crippen LogP contribution is -2.36. The van der Waals surface area contributed by atoms with Gasteiger partial charge in [-0.3, -0.25) is 4.79 Å². The van der Waals surface area contributed by atoms with Crippen molar-refractivity contribution in [1.82, 2.24) is 0 Å². The molecule has 21 heavy (non-hydrogen) atoms. The first-order valence-corrected chi connectivity index (χ1v) is 8.69. The van der Waals surface area contributed by atoms with Gasteiger partial charge in [-0.1, -0.05) is 30.7 Å². The molecule has 0 saturated heterocycles. The Morgan fingerprint density at radius 2 is 2.00 bits per heavy atom. The van der Waals surface area contributed by atoms with Gasteiger partial charge in [0.2, 0.25) is 0 Å². The SMILES string of the molecule is Cc1ccc2c(c1)CCC1C3CCC(=O)[C@@](C)(CCC21)C3. The highest BCUT2D eigenvalue weighted by Crippen LogP contribution is 2.54. The van der Waals surface area contributed by atoms with E-state index >= 15 is 0 Å². The Labute approximate surface area is 128 Å². The third-order valence-corrected chi connectivity index (χ3v) is 6.70. The minimum atomic E-state index is -0.00881. The van der Waals surface area contributed by atoms with Crippen LogP contribution in [0.5, 0.6) is 0 Å². The molecule has 3 aliphatic rings. The zero-order chi connectivity index (χ0) is 14.6. The molecule has 0 aliphatic heterocycles. The topological polar surface area (TPSA) is 17.1 Å². The third kappa shape index (κ3) is 2.08. The van der Waals surface area contributed by atoms with Gasteiger partial charge in [0.25, 0.3) is 0 Å². The lowest BCUT2D eigenvalue weighted by molar-refractivity contribution is -0.132. The van der Waals surface area contributed by atoms with Crippen LogP contribution in [0.15, 0.2) is 18.2 Å². The predicted molar refractivity (Wildman–Crippen MR) is 85.4 cm³/mol. The van der Waals surface area contributed by atoms with Gasteiger partial charge >= 0.3 is 0 Å². The largest absolute Gasteiger partial charge is 0.299 e. The van der Waals surface area contributed by atoms with Crippen molar-refractivity contribution in [3.05, 3.63) is 34.9 Å². The zero-order valence-corrected chi connectivity index (χ0v) is 13.3. The normalized spacial score (nSPS) is 38.4. The van der Waals surface area contributed by atoms with Gasteiger partial charge in [-0.15, -0.1) is 0 Å². The van der Waals surface area contributed by atoms with Crippen LogP contribution in [0, 0.1) is 24.2 Å². The molecule has 0 radical (unpaired) electrons. The van der Waals surface area contributed by atoms with Crippen molar-refractivity contribution in [2.24, 2.45) is 17.3 Å². The molecule has 0 heterocycles. The molecule has 3 aliphatic carbocycles. The standard InChI is InChI=1S/C20H26O/c1-13-3-6-16-14(11-13)4-7-17-15-5-8-19(21)20(2,12-15)10-9-18(16)17/h3,6,11,15,17-18H,4-5,7-10,12H2,1-2H3/t15?,17?,18?,20-/m0/s1. The van der Waals surface area contributed by atoms with Crippen molar-refractivity contribution >= 4 is 5.78 Å². The van der Waals surface area contributed by atoms with Gasteiger partial charge in [0.15, 0.2) is 0 Å². The van der Waals surface area contributed by atoms with Crippen molar-refractivity contribution in [3.63, 3.8) is 0 Å². The second-order valence-corrected chi connectivity index (χ2v) is 8.04. The Hall–Kier alpha value is -1.11. The van der Waals surface area contributed by atoms with Crippen LogP contribution in [0.4, 0.5) is 0 Å². The molecule has 2 bridgehead atoms. The van der Waals surface area contributed by atoms with E-state index in [4.69, 9.17) is 0 Å². The summed E-state index contributed by atoms with van der Waals surface area (Å²) in [5, 5.41) is 0. The number of Topliss-reactive ketones (excluding diaryl/α,β-unsaturated/α-hetero) is 1. The van der Waals surface area contributed by atoms with Crippen LogP contribution in [0.2, 0.25) is 0 Å². The number of ketones is 1. The Morgan fingerprint density at radius 1 is 1.14 bits per heavy atom. The molecule has 4 atom stereocenters. The fourth-order valence-corrected chi connectivity index (χ4v) is 5.49. The Bertz CT molecular complexity index is 588. The molecule has 0 N–H and O–H groups in total. The van der Waals surface area contributed by atoms with Crippen molar-refractivity contribution in [2.45, 2.75) is 64.7 Å². The summed E-state index contributed by atoms with van der Waals surface area (Å²) in [6.07, 6.45) is 8.07. The van der Waals surface area contributed by atoms with Gasteiger partial charge in [0, 0.05) is 11.8 Å². The van der Waals surface area contributed by atoms with E-state index in [1.54, 1.807) is 11.1 Å². The third-order valence-electron chi connectivity index (χ3n) is 6.70. The van der Waals surface area contributed by atoms with Gasteiger partial charge in [-0.2, -0.15) is 0 Å². The summed E-state index contributed by atoms with van der Waals surface area (Å²) in [5.74, 6) is 2.87.